The Morgan fingerprint density at radius 1 is 1.17 bits per heavy atom. The van der Waals surface area contributed by atoms with Gasteiger partial charge in [0.15, 0.2) is 0 Å². The Kier molecular flexibility index (Phi) is 2.96. The van der Waals surface area contributed by atoms with Gasteiger partial charge in [0.2, 0.25) is 0 Å². The van der Waals surface area contributed by atoms with Crippen LogP contribution in [0.1, 0.15) is 19.3 Å². The van der Waals surface area contributed by atoms with E-state index in [0.29, 0.717) is 12.1 Å². The lowest BCUT2D eigenvalue weighted by Crippen LogP contribution is -2.65. The lowest BCUT2D eigenvalue weighted by Gasteiger charge is -2.47. The molecule has 2 amide bonds. The van der Waals surface area contributed by atoms with Crippen molar-refractivity contribution in [1.29, 1.82) is 0 Å². The average molecular weight is 253 g/mol. The molecule has 0 aliphatic carbocycles. The molecule has 0 aromatic carbocycles. The van der Waals surface area contributed by atoms with Gasteiger partial charge in [-0.05, 0) is 19.3 Å². The van der Waals surface area contributed by atoms with Crippen molar-refractivity contribution in [3.05, 3.63) is 0 Å². The molecule has 3 fully saturated rings. The van der Waals surface area contributed by atoms with E-state index in [2.05, 4.69) is 24.1 Å². The number of nitrogens with two attached hydrogens (primary N) is 1. The first kappa shape index (κ1) is 12.2. The van der Waals surface area contributed by atoms with E-state index in [-0.39, 0.29) is 12.2 Å². The third kappa shape index (κ3) is 1.79. The van der Waals surface area contributed by atoms with E-state index < -0.39 is 0 Å². The number of fused-ring (bicyclic) bond motifs is 2. The standard InChI is InChI=1S/C12H23N5O/c1-14(2)17-9-3-4-10(17)8-15(7-9)12(18)16-6-5-11(16)13/h9-11H,3-8,13H2,1-2H3/t9?,10?,11-/m1/s1. The van der Waals surface area contributed by atoms with Crippen LogP contribution in [-0.2, 0) is 0 Å². The van der Waals surface area contributed by atoms with Crippen molar-refractivity contribution in [2.75, 3.05) is 33.7 Å². The minimum absolute atomic E-state index is 0.0537. The first-order valence-electron chi connectivity index (χ1n) is 6.84. The summed E-state index contributed by atoms with van der Waals surface area (Å²) < 4.78 is 0. The highest BCUT2D eigenvalue weighted by Crippen LogP contribution is 2.31. The minimum Gasteiger partial charge on any atom is -0.321 e. The molecule has 0 aromatic heterocycles. The Morgan fingerprint density at radius 3 is 2.17 bits per heavy atom. The maximum atomic E-state index is 12.3. The van der Waals surface area contributed by atoms with Crippen LogP contribution < -0.4 is 5.73 Å². The summed E-state index contributed by atoms with van der Waals surface area (Å²) in [5.74, 6) is 0. The van der Waals surface area contributed by atoms with Crippen molar-refractivity contribution >= 4 is 6.03 Å². The molecule has 3 saturated heterocycles. The van der Waals surface area contributed by atoms with E-state index in [1.807, 2.05) is 4.90 Å². The van der Waals surface area contributed by atoms with Crippen molar-refractivity contribution in [2.45, 2.75) is 37.5 Å². The van der Waals surface area contributed by atoms with Crippen LogP contribution in [0.4, 0.5) is 4.79 Å². The highest BCUT2D eigenvalue weighted by Gasteiger charge is 2.44. The molecule has 3 atom stereocenters. The summed E-state index contributed by atoms with van der Waals surface area (Å²) in [7, 11) is 4.18. The Labute approximate surface area is 108 Å². The summed E-state index contributed by atoms with van der Waals surface area (Å²) >= 11 is 0. The second-order valence-corrected chi connectivity index (χ2v) is 5.85. The zero-order valence-corrected chi connectivity index (χ0v) is 11.2. The largest absolute Gasteiger partial charge is 0.321 e. The molecule has 6 heteroatoms. The number of likely N-dealkylation sites (tertiary alicyclic amines) is 2. The van der Waals surface area contributed by atoms with E-state index in [9.17, 15) is 4.79 Å². The van der Waals surface area contributed by atoms with Gasteiger partial charge in [-0.2, -0.15) is 0 Å². The second kappa shape index (κ2) is 4.36. The summed E-state index contributed by atoms with van der Waals surface area (Å²) in [6, 6.07) is 1.12. The van der Waals surface area contributed by atoms with Crippen LogP contribution in [0.2, 0.25) is 0 Å². The van der Waals surface area contributed by atoms with Gasteiger partial charge in [-0.25, -0.2) is 14.8 Å². The monoisotopic (exact) mass is 253 g/mol. The van der Waals surface area contributed by atoms with Gasteiger partial charge in [0.1, 0.15) is 0 Å². The zero-order valence-electron chi connectivity index (χ0n) is 11.2. The van der Waals surface area contributed by atoms with Crippen molar-refractivity contribution in [3.8, 4) is 0 Å². The Hall–Kier alpha value is -0.850. The number of hydrogen-bond donors (Lipinski definition) is 1. The molecule has 0 radical (unpaired) electrons. The molecular formula is C12H23N5O. The number of hydrazine groups is 1. The van der Waals surface area contributed by atoms with Gasteiger partial charge in [0.05, 0.1) is 6.17 Å². The highest BCUT2D eigenvalue weighted by atomic mass is 16.2. The molecule has 102 valence electrons. The van der Waals surface area contributed by atoms with Crippen LogP contribution in [0.3, 0.4) is 0 Å². The van der Waals surface area contributed by atoms with Crippen LogP contribution in [-0.4, -0.2) is 77.8 Å². The molecule has 3 aliphatic heterocycles. The van der Waals surface area contributed by atoms with Crippen LogP contribution in [0.15, 0.2) is 0 Å². The molecule has 0 saturated carbocycles. The van der Waals surface area contributed by atoms with Crippen LogP contribution >= 0.6 is 0 Å². The highest BCUT2D eigenvalue weighted by molar-refractivity contribution is 5.76. The zero-order chi connectivity index (χ0) is 12.9. The molecular weight excluding hydrogens is 230 g/mol. The number of nitrogens with zero attached hydrogens (tertiary/aromatic N) is 4. The third-order valence-electron chi connectivity index (χ3n) is 4.49. The van der Waals surface area contributed by atoms with Gasteiger partial charge in [-0.3, -0.25) is 0 Å². The average Bonchev–Trinajstić information content (AvgIpc) is 2.58. The SMILES string of the molecule is CN(C)N1C2CCC1CN(C(=O)N1CC[C@@H]1N)C2. The van der Waals surface area contributed by atoms with Crippen molar-refractivity contribution in [3.63, 3.8) is 0 Å². The van der Waals surface area contributed by atoms with E-state index in [4.69, 9.17) is 5.73 Å². The molecule has 6 nitrogen and oxygen atoms in total. The van der Waals surface area contributed by atoms with Gasteiger partial charge in [0, 0.05) is 45.8 Å². The third-order valence-corrected chi connectivity index (χ3v) is 4.49. The maximum Gasteiger partial charge on any atom is 0.321 e. The fourth-order valence-electron chi connectivity index (χ4n) is 3.52. The molecule has 0 aromatic rings. The molecule has 18 heavy (non-hydrogen) atoms. The van der Waals surface area contributed by atoms with E-state index in [1.165, 1.54) is 12.8 Å². The van der Waals surface area contributed by atoms with E-state index in [0.717, 1.165) is 26.1 Å². The Bertz CT molecular complexity index is 333. The molecule has 0 spiro atoms. The Morgan fingerprint density at radius 2 is 1.78 bits per heavy atom. The summed E-state index contributed by atoms with van der Waals surface area (Å²) in [6.45, 7) is 2.51. The molecule has 3 aliphatic rings. The van der Waals surface area contributed by atoms with E-state index >= 15 is 0 Å². The first-order chi connectivity index (χ1) is 8.58. The molecule has 3 heterocycles. The molecule has 2 unspecified atom stereocenters. The number of carbonyl (C=O) groups excluding carboxylic acids is 1. The molecule has 2 N–H and O–H groups in total. The number of piperazine rings is 1. The van der Waals surface area contributed by atoms with Gasteiger partial charge < -0.3 is 15.5 Å². The summed E-state index contributed by atoms with van der Waals surface area (Å²) in [4.78, 5) is 16.1. The minimum atomic E-state index is -0.0537. The van der Waals surface area contributed by atoms with E-state index in [1.54, 1.807) is 4.90 Å². The summed E-state index contributed by atoms with van der Waals surface area (Å²) in [6.07, 6.45) is 3.27. The number of carbonyl (C=O) groups is 1. The van der Waals surface area contributed by atoms with Crippen molar-refractivity contribution in [1.82, 2.24) is 19.8 Å². The normalized spacial score (nSPS) is 36.1. The molecule has 2 bridgehead atoms. The topological polar surface area (TPSA) is 56.0 Å². The van der Waals surface area contributed by atoms with Gasteiger partial charge in [-0.15, -0.1) is 0 Å². The summed E-state index contributed by atoms with van der Waals surface area (Å²) in [5.41, 5.74) is 5.85. The van der Waals surface area contributed by atoms with Crippen LogP contribution in [0, 0.1) is 0 Å². The van der Waals surface area contributed by atoms with Gasteiger partial charge >= 0.3 is 6.03 Å². The predicted molar refractivity (Wildman–Crippen MR) is 68.6 cm³/mol. The smallest absolute Gasteiger partial charge is 0.321 e. The van der Waals surface area contributed by atoms with Crippen molar-refractivity contribution in [2.24, 2.45) is 5.73 Å². The first-order valence-corrected chi connectivity index (χ1v) is 6.84. The fraction of sp³-hybridized carbons (Fsp3) is 0.917. The van der Waals surface area contributed by atoms with Crippen molar-refractivity contribution < 1.29 is 4.79 Å². The number of hydrogen-bond acceptors (Lipinski definition) is 4. The number of amides is 2. The fourth-order valence-corrected chi connectivity index (χ4v) is 3.52. The quantitative estimate of drug-likeness (QED) is 0.698. The number of rotatable bonds is 1. The van der Waals surface area contributed by atoms with Crippen LogP contribution in [0.25, 0.3) is 0 Å². The van der Waals surface area contributed by atoms with Crippen LogP contribution in [0.5, 0.6) is 0 Å². The lowest BCUT2D eigenvalue weighted by molar-refractivity contribution is -0.0674. The lowest BCUT2D eigenvalue weighted by atomic mass is 10.1. The Balaban J connectivity index is 1.66. The maximum absolute atomic E-state index is 12.3. The van der Waals surface area contributed by atoms with Gasteiger partial charge in [-0.1, -0.05) is 0 Å². The second-order valence-electron chi connectivity index (χ2n) is 5.85. The number of urea groups is 1. The predicted octanol–water partition coefficient (Wildman–Crippen LogP) is -0.278. The van der Waals surface area contributed by atoms with Gasteiger partial charge in [0.25, 0.3) is 0 Å². The molecule has 3 rings (SSSR count). The summed E-state index contributed by atoms with van der Waals surface area (Å²) in [5, 5.41) is 4.61.